The zero-order valence-electron chi connectivity index (χ0n) is 18.2. The summed E-state index contributed by atoms with van der Waals surface area (Å²) in [6.45, 7) is 0.689. The number of fused-ring (bicyclic) bond motifs is 2. The van der Waals surface area contributed by atoms with Gasteiger partial charge in [-0.05, 0) is 55.0 Å². The highest BCUT2D eigenvalue weighted by molar-refractivity contribution is 7.89. The number of carbonyl (C=O) groups is 1. The van der Waals surface area contributed by atoms with Gasteiger partial charge in [-0.15, -0.1) is 0 Å². The highest BCUT2D eigenvalue weighted by Crippen LogP contribution is 2.36. The molecule has 3 aromatic rings. The molecule has 1 saturated heterocycles. The molecule has 8 heteroatoms. The molecule has 1 aromatic heterocycles. The number of aryl methyl sites for hydroxylation is 2. The fraction of sp³-hybridized carbons (Fsp3) is 0.280. The van der Waals surface area contributed by atoms with Crippen LogP contribution in [0.2, 0.25) is 0 Å². The first kappa shape index (κ1) is 21.6. The SMILES string of the molecule is O=C(Cn1cc(S(=O)(=O)N2CCCC2)ccc1=O)N1c2ccccc2CCc2ccccc21. The molecule has 1 fully saturated rings. The van der Waals surface area contributed by atoms with Crippen molar-refractivity contribution < 1.29 is 13.2 Å². The van der Waals surface area contributed by atoms with E-state index in [0.29, 0.717) is 13.1 Å². The van der Waals surface area contributed by atoms with Crippen LogP contribution < -0.4 is 10.5 Å². The molecule has 0 radical (unpaired) electrons. The third-order valence-electron chi connectivity index (χ3n) is 6.34. The zero-order valence-corrected chi connectivity index (χ0v) is 19.0. The molecule has 0 N–H and O–H groups in total. The molecule has 0 bridgehead atoms. The third-order valence-corrected chi connectivity index (χ3v) is 8.23. The first-order valence-electron chi connectivity index (χ1n) is 11.1. The third kappa shape index (κ3) is 4.00. The zero-order chi connectivity index (χ0) is 23.0. The number of amides is 1. The summed E-state index contributed by atoms with van der Waals surface area (Å²) < 4.78 is 28.6. The van der Waals surface area contributed by atoms with Crippen LogP contribution in [0.4, 0.5) is 11.4 Å². The van der Waals surface area contributed by atoms with E-state index < -0.39 is 15.6 Å². The van der Waals surface area contributed by atoms with Crippen LogP contribution in [0.1, 0.15) is 24.0 Å². The molecule has 3 heterocycles. The van der Waals surface area contributed by atoms with Gasteiger partial charge in [0.2, 0.25) is 10.0 Å². The van der Waals surface area contributed by atoms with Crippen molar-refractivity contribution in [2.45, 2.75) is 37.1 Å². The largest absolute Gasteiger partial charge is 0.305 e. The van der Waals surface area contributed by atoms with Crippen molar-refractivity contribution in [1.82, 2.24) is 8.87 Å². The Balaban J connectivity index is 1.53. The van der Waals surface area contributed by atoms with Crippen LogP contribution >= 0.6 is 0 Å². The number of nitrogens with zero attached hydrogens (tertiary/aromatic N) is 3. The number of anilines is 2. The minimum Gasteiger partial charge on any atom is -0.305 e. The lowest BCUT2D eigenvalue weighted by Gasteiger charge is -2.25. The number of rotatable bonds is 4. The summed E-state index contributed by atoms with van der Waals surface area (Å²) in [5.74, 6) is -0.297. The van der Waals surface area contributed by atoms with E-state index in [2.05, 4.69) is 0 Å². The molecular formula is C25H25N3O4S. The van der Waals surface area contributed by atoms with Gasteiger partial charge in [-0.1, -0.05) is 36.4 Å². The maximum Gasteiger partial charge on any atom is 0.251 e. The van der Waals surface area contributed by atoms with Crippen molar-refractivity contribution in [3.05, 3.63) is 88.3 Å². The normalized spacial score (nSPS) is 16.2. The molecule has 0 spiro atoms. The minimum absolute atomic E-state index is 0.0356. The average Bonchev–Trinajstić information content (AvgIpc) is 3.31. The maximum atomic E-state index is 13.6. The van der Waals surface area contributed by atoms with Crippen molar-refractivity contribution in [2.24, 2.45) is 0 Å². The van der Waals surface area contributed by atoms with Crippen molar-refractivity contribution in [3.8, 4) is 0 Å². The Bertz CT molecular complexity index is 1330. The Morgan fingerprint density at radius 2 is 1.39 bits per heavy atom. The number of sulfonamides is 1. The predicted molar refractivity (Wildman–Crippen MR) is 126 cm³/mol. The lowest BCUT2D eigenvalue weighted by atomic mass is 10.0. The molecule has 5 rings (SSSR count). The summed E-state index contributed by atoms with van der Waals surface area (Å²) in [6, 6.07) is 18.1. The second-order valence-corrected chi connectivity index (χ2v) is 10.4. The molecule has 7 nitrogen and oxygen atoms in total. The van der Waals surface area contributed by atoms with Gasteiger partial charge in [-0.3, -0.25) is 14.5 Å². The number of para-hydroxylation sites is 2. The van der Waals surface area contributed by atoms with Crippen LogP contribution in [0.15, 0.2) is 76.6 Å². The molecule has 2 aliphatic rings. The monoisotopic (exact) mass is 463 g/mol. The molecule has 2 aliphatic heterocycles. The summed E-state index contributed by atoms with van der Waals surface area (Å²) in [4.78, 5) is 27.9. The summed E-state index contributed by atoms with van der Waals surface area (Å²) in [7, 11) is -3.69. The lowest BCUT2D eigenvalue weighted by Crippen LogP contribution is -2.35. The first-order chi connectivity index (χ1) is 15.9. The second kappa shape index (κ2) is 8.61. The quantitative estimate of drug-likeness (QED) is 0.596. The van der Waals surface area contributed by atoms with E-state index in [-0.39, 0.29) is 17.3 Å². The van der Waals surface area contributed by atoms with E-state index in [1.807, 2.05) is 48.5 Å². The van der Waals surface area contributed by atoms with Gasteiger partial charge in [0.05, 0.1) is 16.3 Å². The average molecular weight is 464 g/mol. The summed E-state index contributed by atoms with van der Waals surface area (Å²) in [5.41, 5.74) is 3.28. The fourth-order valence-electron chi connectivity index (χ4n) is 4.63. The van der Waals surface area contributed by atoms with Gasteiger partial charge in [-0.2, -0.15) is 4.31 Å². The topological polar surface area (TPSA) is 79.7 Å². The standard InChI is InChI=1S/C25H25N3O4S/c29-24-14-13-21(33(31,32)27-15-5-6-16-27)17-26(24)18-25(30)28-22-9-3-1-7-19(22)11-12-20-8-2-4-10-23(20)28/h1-4,7-10,13-14,17H,5-6,11-12,15-16,18H2. The number of hydrogen-bond donors (Lipinski definition) is 0. The Morgan fingerprint density at radius 1 is 0.818 bits per heavy atom. The molecule has 1 amide bonds. The highest BCUT2D eigenvalue weighted by atomic mass is 32.2. The van der Waals surface area contributed by atoms with Crippen molar-refractivity contribution in [2.75, 3.05) is 18.0 Å². The van der Waals surface area contributed by atoms with Gasteiger partial charge in [0.1, 0.15) is 6.54 Å². The number of aromatic nitrogens is 1. The van der Waals surface area contributed by atoms with Gasteiger partial charge >= 0.3 is 0 Å². The van der Waals surface area contributed by atoms with E-state index in [9.17, 15) is 18.0 Å². The predicted octanol–water partition coefficient (Wildman–Crippen LogP) is 3.10. The summed E-state index contributed by atoms with van der Waals surface area (Å²) in [6.07, 6.45) is 4.56. The Labute approximate surface area is 192 Å². The number of pyridine rings is 1. The molecule has 0 atom stereocenters. The van der Waals surface area contributed by atoms with Crippen LogP contribution in [0.25, 0.3) is 0 Å². The smallest absolute Gasteiger partial charge is 0.251 e. The number of hydrogen-bond acceptors (Lipinski definition) is 4. The first-order valence-corrected chi connectivity index (χ1v) is 12.6. The van der Waals surface area contributed by atoms with Crippen LogP contribution in [0.3, 0.4) is 0 Å². The summed E-state index contributed by atoms with van der Waals surface area (Å²) in [5, 5.41) is 0. The van der Waals surface area contributed by atoms with Crippen LogP contribution in [0, 0.1) is 0 Å². The molecule has 33 heavy (non-hydrogen) atoms. The van der Waals surface area contributed by atoms with Crippen LogP contribution in [-0.2, 0) is 34.2 Å². The van der Waals surface area contributed by atoms with E-state index in [0.717, 1.165) is 48.2 Å². The lowest BCUT2D eigenvalue weighted by molar-refractivity contribution is -0.118. The number of carbonyl (C=O) groups excluding carboxylic acids is 1. The fourth-order valence-corrected chi connectivity index (χ4v) is 6.17. The van der Waals surface area contributed by atoms with E-state index in [1.54, 1.807) is 4.90 Å². The molecule has 0 saturated carbocycles. The molecule has 0 aliphatic carbocycles. The van der Waals surface area contributed by atoms with Crippen molar-refractivity contribution in [1.29, 1.82) is 0 Å². The molecule has 0 unspecified atom stereocenters. The van der Waals surface area contributed by atoms with Gasteiger partial charge < -0.3 is 4.57 Å². The van der Waals surface area contributed by atoms with E-state index in [1.165, 1.54) is 27.2 Å². The highest BCUT2D eigenvalue weighted by Gasteiger charge is 2.29. The maximum absolute atomic E-state index is 13.6. The van der Waals surface area contributed by atoms with E-state index >= 15 is 0 Å². The molecule has 2 aromatic carbocycles. The van der Waals surface area contributed by atoms with Crippen molar-refractivity contribution in [3.63, 3.8) is 0 Å². The van der Waals surface area contributed by atoms with Gasteiger partial charge in [-0.25, -0.2) is 8.42 Å². The Kier molecular flexibility index (Phi) is 5.64. The number of benzene rings is 2. The van der Waals surface area contributed by atoms with Gasteiger partial charge in [0.15, 0.2) is 0 Å². The van der Waals surface area contributed by atoms with Crippen LogP contribution in [-0.4, -0.2) is 36.3 Å². The Morgan fingerprint density at radius 3 is 2.00 bits per heavy atom. The van der Waals surface area contributed by atoms with Crippen molar-refractivity contribution >= 4 is 27.3 Å². The van der Waals surface area contributed by atoms with Crippen LogP contribution in [0.5, 0.6) is 0 Å². The second-order valence-electron chi connectivity index (χ2n) is 8.43. The van der Waals surface area contributed by atoms with Gasteiger partial charge in [0, 0.05) is 25.4 Å². The molecular weight excluding hydrogens is 438 g/mol. The minimum atomic E-state index is -3.69. The Hall–Kier alpha value is -3.23. The molecule has 170 valence electrons. The van der Waals surface area contributed by atoms with E-state index in [4.69, 9.17) is 0 Å². The summed E-state index contributed by atoms with van der Waals surface area (Å²) >= 11 is 0. The van der Waals surface area contributed by atoms with Gasteiger partial charge in [0.25, 0.3) is 11.5 Å².